The Kier molecular flexibility index (Phi) is 7.99. The molecular formula is C40H34OS. The van der Waals surface area contributed by atoms with Crippen molar-refractivity contribution in [2.75, 3.05) is 0 Å². The van der Waals surface area contributed by atoms with Crippen molar-refractivity contribution >= 4 is 11.8 Å². The number of rotatable bonds is 7. The zero-order valence-electron chi connectivity index (χ0n) is 24.5. The van der Waals surface area contributed by atoms with Crippen molar-refractivity contribution in [3.05, 3.63) is 156 Å². The van der Waals surface area contributed by atoms with E-state index in [9.17, 15) is 0 Å². The first kappa shape index (κ1) is 27.6. The smallest absolute Gasteiger partial charge is 0.135 e. The van der Waals surface area contributed by atoms with Crippen LogP contribution in [0.3, 0.4) is 0 Å². The molecule has 0 radical (unpaired) electrons. The predicted molar refractivity (Wildman–Crippen MR) is 179 cm³/mol. The first-order valence-corrected chi connectivity index (χ1v) is 15.1. The second-order valence-corrected chi connectivity index (χ2v) is 12.1. The summed E-state index contributed by atoms with van der Waals surface area (Å²) in [6, 6.07) is 47.7. The fraction of sp³-hybridized carbons (Fsp3) is 0.100. The molecule has 0 aliphatic carbocycles. The Bertz CT molecular complexity index is 1830. The molecule has 0 saturated heterocycles. The van der Waals surface area contributed by atoms with Crippen molar-refractivity contribution in [1.29, 1.82) is 0 Å². The Morgan fingerprint density at radius 1 is 0.429 bits per heavy atom. The molecule has 1 nitrogen and oxygen atoms in total. The maximum atomic E-state index is 6.79. The average molecular weight is 563 g/mol. The van der Waals surface area contributed by atoms with E-state index in [1.54, 1.807) is 11.8 Å². The molecule has 0 aliphatic heterocycles. The third-order valence-corrected chi connectivity index (χ3v) is 8.57. The van der Waals surface area contributed by atoms with Gasteiger partial charge in [-0.2, -0.15) is 0 Å². The van der Waals surface area contributed by atoms with Gasteiger partial charge in [0.15, 0.2) is 0 Å². The maximum absolute atomic E-state index is 6.79. The van der Waals surface area contributed by atoms with E-state index < -0.39 is 0 Å². The van der Waals surface area contributed by atoms with Crippen molar-refractivity contribution in [1.82, 2.24) is 0 Å². The molecule has 0 amide bonds. The molecule has 0 bridgehead atoms. The lowest BCUT2D eigenvalue weighted by Crippen LogP contribution is -1.93. The third-order valence-electron chi connectivity index (χ3n) is 7.49. The van der Waals surface area contributed by atoms with Gasteiger partial charge >= 0.3 is 0 Å². The van der Waals surface area contributed by atoms with Gasteiger partial charge in [0, 0.05) is 15.4 Å². The van der Waals surface area contributed by atoms with Crippen LogP contribution in [-0.4, -0.2) is 0 Å². The van der Waals surface area contributed by atoms with E-state index in [4.69, 9.17) is 4.74 Å². The SMILES string of the molecule is Cc1ccc(Sc2ccc(C)cc2-c2ccc(-c3ccc(C)cc3)cc2Oc2cccc(-c3ccc(C)cc3)c2)cc1. The summed E-state index contributed by atoms with van der Waals surface area (Å²) in [7, 11) is 0. The van der Waals surface area contributed by atoms with Gasteiger partial charge in [0.25, 0.3) is 0 Å². The molecule has 206 valence electrons. The summed E-state index contributed by atoms with van der Waals surface area (Å²) >= 11 is 1.79. The third kappa shape index (κ3) is 6.35. The Morgan fingerprint density at radius 2 is 0.976 bits per heavy atom. The first-order valence-electron chi connectivity index (χ1n) is 14.3. The minimum Gasteiger partial charge on any atom is -0.457 e. The lowest BCUT2D eigenvalue weighted by atomic mass is 9.97. The number of hydrogen-bond acceptors (Lipinski definition) is 2. The topological polar surface area (TPSA) is 9.23 Å². The molecule has 0 atom stereocenters. The molecule has 0 aliphatic rings. The second-order valence-electron chi connectivity index (χ2n) is 11.0. The quantitative estimate of drug-likeness (QED) is 0.191. The highest BCUT2D eigenvalue weighted by Gasteiger charge is 2.15. The van der Waals surface area contributed by atoms with Crippen molar-refractivity contribution in [3.8, 4) is 44.9 Å². The maximum Gasteiger partial charge on any atom is 0.135 e. The molecule has 42 heavy (non-hydrogen) atoms. The fourth-order valence-electron chi connectivity index (χ4n) is 5.04. The van der Waals surface area contributed by atoms with Crippen LogP contribution in [-0.2, 0) is 0 Å². The molecule has 6 aromatic rings. The summed E-state index contributed by atoms with van der Waals surface area (Å²) in [5, 5.41) is 0. The first-order chi connectivity index (χ1) is 20.4. The molecule has 0 unspecified atom stereocenters. The summed E-state index contributed by atoms with van der Waals surface area (Å²) in [4.78, 5) is 2.42. The van der Waals surface area contributed by atoms with Crippen molar-refractivity contribution in [2.45, 2.75) is 37.5 Å². The molecular weight excluding hydrogens is 529 g/mol. The van der Waals surface area contributed by atoms with E-state index in [-0.39, 0.29) is 0 Å². The second kappa shape index (κ2) is 12.1. The highest BCUT2D eigenvalue weighted by Crippen LogP contribution is 2.43. The van der Waals surface area contributed by atoms with Gasteiger partial charge in [0.1, 0.15) is 11.5 Å². The summed E-state index contributed by atoms with van der Waals surface area (Å²) in [5.41, 5.74) is 11.8. The van der Waals surface area contributed by atoms with Crippen LogP contribution in [0, 0.1) is 27.7 Å². The van der Waals surface area contributed by atoms with Gasteiger partial charge in [0.05, 0.1) is 0 Å². The molecule has 6 aromatic carbocycles. The van der Waals surface area contributed by atoms with Crippen LogP contribution in [0.25, 0.3) is 33.4 Å². The lowest BCUT2D eigenvalue weighted by molar-refractivity contribution is 0.485. The largest absolute Gasteiger partial charge is 0.457 e. The van der Waals surface area contributed by atoms with Gasteiger partial charge in [-0.25, -0.2) is 0 Å². The van der Waals surface area contributed by atoms with E-state index in [1.807, 2.05) is 6.07 Å². The van der Waals surface area contributed by atoms with Crippen LogP contribution in [0.4, 0.5) is 0 Å². The summed E-state index contributed by atoms with van der Waals surface area (Å²) in [5.74, 6) is 1.65. The monoisotopic (exact) mass is 562 g/mol. The van der Waals surface area contributed by atoms with Crippen molar-refractivity contribution < 1.29 is 4.74 Å². The minimum absolute atomic E-state index is 0.816. The van der Waals surface area contributed by atoms with Gasteiger partial charge < -0.3 is 4.74 Å². The summed E-state index contributed by atoms with van der Waals surface area (Å²) in [6.45, 7) is 8.50. The molecule has 2 heteroatoms. The summed E-state index contributed by atoms with van der Waals surface area (Å²) in [6.07, 6.45) is 0. The van der Waals surface area contributed by atoms with Gasteiger partial charge in [-0.05, 0) is 98.0 Å². The van der Waals surface area contributed by atoms with E-state index in [0.29, 0.717) is 0 Å². The predicted octanol–water partition coefficient (Wildman–Crippen LogP) is 11.9. The zero-order chi connectivity index (χ0) is 29.1. The molecule has 0 saturated carbocycles. The normalized spacial score (nSPS) is 11.0. The lowest BCUT2D eigenvalue weighted by Gasteiger charge is -2.17. The Hall–Kier alpha value is -4.53. The van der Waals surface area contributed by atoms with E-state index >= 15 is 0 Å². The highest BCUT2D eigenvalue weighted by atomic mass is 32.2. The molecule has 0 heterocycles. The molecule has 0 spiro atoms. The molecule has 0 N–H and O–H groups in total. The standard InChI is InChI=1S/C40H34OS/c1-27-8-15-31(16-9-27)33-6-5-7-35(25-33)41-39-26-34(32-17-10-28(2)11-18-32)19-22-37(39)38-24-30(4)14-23-40(38)42-36-20-12-29(3)13-21-36/h5-26H,1-4H3. The Morgan fingerprint density at radius 3 is 1.62 bits per heavy atom. The average Bonchev–Trinajstić information content (AvgIpc) is 3.00. The minimum atomic E-state index is 0.816. The number of hydrogen-bond donors (Lipinski definition) is 0. The van der Waals surface area contributed by atoms with Gasteiger partial charge in [-0.3, -0.25) is 0 Å². The number of aryl methyl sites for hydroxylation is 4. The van der Waals surface area contributed by atoms with Crippen LogP contribution in [0.5, 0.6) is 11.5 Å². The van der Waals surface area contributed by atoms with Crippen LogP contribution in [0.1, 0.15) is 22.3 Å². The van der Waals surface area contributed by atoms with Crippen molar-refractivity contribution in [2.24, 2.45) is 0 Å². The zero-order valence-corrected chi connectivity index (χ0v) is 25.3. The fourth-order valence-corrected chi connectivity index (χ4v) is 5.98. The van der Waals surface area contributed by atoms with E-state index in [1.165, 1.54) is 48.7 Å². The van der Waals surface area contributed by atoms with Crippen LogP contribution >= 0.6 is 11.8 Å². The highest BCUT2D eigenvalue weighted by molar-refractivity contribution is 7.99. The molecule has 6 rings (SSSR count). The number of benzene rings is 6. The van der Waals surface area contributed by atoms with Crippen molar-refractivity contribution in [3.63, 3.8) is 0 Å². The summed E-state index contributed by atoms with van der Waals surface area (Å²) < 4.78 is 6.79. The van der Waals surface area contributed by atoms with Crippen LogP contribution in [0.15, 0.2) is 143 Å². The Labute approximate surface area is 253 Å². The van der Waals surface area contributed by atoms with Crippen LogP contribution in [0.2, 0.25) is 0 Å². The van der Waals surface area contributed by atoms with E-state index in [2.05, 4.69) is 155 Å². The van der Waals surface area contributed by atoms with Gasteiger partial charge in [-0.1, -0.05) is 125 Å². The van der Waals surface area contributed by atoms with Gasteiger partial charge in [0.2, 0.25) is 0 Å². The number of ether oxygens (including phenoxy) is 1. The Balaban J connectivity index is 1.45. The van der Waals surface area contributed by atoms with Gasteiger partial charge in [-0.15, -0.1) is 0 Å². The van der Waals surface area contributed by atoms with Crippen LogP contribution < -0.4 is 4.74 Å². The molecule has 0 fully saturated rings. The van der Waals surface area contributed by atoms with E-state index in [0.717, 1.165) is 28.2 Å². The molecule has 0 aromatic heterocycles.